The number of rotatable bonds is 2. The van der Waals surface area contributed by atoms with Gasteiger partial charge in [-0.15, -0.1) is 0 Å². The minimum absolute atomic E-state index is 0.142. The molecule has 3 heteroatoms. The molecule has 1 aliphatic carbocycles. The Morgan fingerprint density at radius 2 is 1.56 bits per heavy atom. The Balaban J connectivity index is 2.20. The summed E-state index contributed by atoms with van der Waals surface area (Å²) in [7, 11) is 0. The van der Waals surface area contributed by atoms with Crippen LogP contribution in [-0.2, 0) is 28.9 Å². The lowest BCUT2D eigenvalue weighted by Gasteiger charge is -2.19. The average Bonchev–Trinajstić information content (AvgIpc) is 2.49. The van der Waals surface area contributed by atoms with Crippen LogP contribution >= 0.6 is 0 Å². The van der Waals surface area contributed by atoms with Gasteiger partial charge in [0.1, 0.15) is 5.60 Å². The van der Waals surface area contributed by atoms with E-state index in [1.807, 2.05) is 20.8 Å². The van der Waals surface area contributed by atoms with Gasteiger partial charge in [-0.3, -0.25) is 0 Å². The van der Waals surface area contributed by atoms with Crippen molar-refractivity contribution in [3.8, 4) is 0 Å². The van der Waals surface area contributed by atoms with Gasteiger partial charge in [-0.05, 0) is 53.0 Å². The molecule has 2 aliphatic rings. The number of aryl methyl sites for hydroxylation is 2. The third-order valence-electron chi connectivity index (χ3n) is 4.87. The van der Waals surface area contributed by atoms with Crippen LogP contribution in [0, 0.1) is 6.92 Å². The maximum atomic E-state index is 12.4. The molecule has 0 fully saturated rings. The van der Waals surface area contributed by atoms with E-state index in [-0.39, 0.29) is 5.97 Å². The first-order valence-corrected chi connectivity index (χ1v) is 10.1. The highest BCUT2D eigenvalue weighted by Gasteiger charge is 2.23. The summed E-state index contributed by atoms with van der Waals surface area (Å²) in [5, 5.41) is 0. The van der Waals surface area contributed by atoms with Crippen LogP contribution in [0.3, 0.4) is 0 Å². The van der Waals surface area contributed by atoms with Gasteiger partial charge in [-0.25, -0.2) is 4.79 Å². The first kappa shape index (κ1) is 19.9. The molecule has 0 amide bonds. The number of pyridine rings is 1. The molecule has 0 N–H and O–H groups in total. The van der Waals surface area contributed by atoms with Crippen molar-refractivity contribution in [2.24, 2.45) is 0 Å². The second kappa shape index (κ2) is 9.35. The van der Waals surface area contributed by atoms with Crippen LogP contribution in [0.2, 0.25) is 0 Å². The fourth-order valence-corrected chi connectivity index (χ4v) is 3.72. The van der Waals surface area contributed by atoms with Crippen LogP contribution in [-0.4, -0.2) is 11.6 Å². The standard InChI is InChI=1S/C22H36NO2/c1-18-15-19-13-11-9-7-5-6-8-10-12-14-20(18)23(16-19)17-21(24)25-22(2,3)4/h15-16H,5-14,17H2,1-4H3/q+1. The number of ether oxygens (including phenoxy) is 1. The Morgan fingerprint density at radius 1 is 1.00 bits per heavy atom. The molecule has 3 nitrogen and oxygen atoms in total. The van der Waals surface area contributed by atoms with Crippen molar-refractivity contribution >= 4 is 5.97 Å². The van der Waals surface area contributed by atoms with Crippen molar-refractivity contribution in [2.45, 2.75) is 104 Å². The number of hydrogen-bond donors (Lipinski definition) is 0. The summed E-state index contributed by atoms with van der Waals surface area (Å²) in [4.78, 5) is 12.4. The van der Waals surface area contributed by atoms with Crippen LogP contribution in [0.1, 0.15) is 89.0 Å². The molecule has 25 heavy (non-hydrogen) atoms. The summed E-state index contributed by atoms with van der Waals surface area (Å²) in [6.45, 7) is 8.29. The number of fused-ring (bicyclic) bond motifs is 11. The van der Waals surface area contributed by atoms with E-state index in [0.29, 0.717) is 6.54 Å². The Morgan fingerprint density at radius 3 is 2.16 bits per heavy atom. The smallest absolute Gasteiger partial charge is 0.373 e. The molecular weight excluding hydrogens is 310 g/mol. The lowest BCUT2D eigenvalue weighted by molar-refractivity contribution is -0.694. The molecule has 2 heterocycles. The largest absolute Gasteiger partial charge is 0.455 e. The van der Waals surface area contributed by atoms with Crippen molar-refractivity contribution in [3.05, 3.63) is 29.1 Å². The summed E-state index contributed by atoms with van der Waals surface area (Å²) in [5.41, 5.74) is 3.54. The maximum absolute atomic E-state index is 12.4. The average molecular weight is 347 g/mol. The fraction of sp³-hybridized carbons (Fsp3) is 0.727. The zero-order chi connectivity index (χ0) is 18.3. The summed E-state index contributed by atoms with van der Waals surface area (Å²) in [5.74, 6) is -0.142. The lowest BCUT2D eigenvalue weighted by Crippen LogP contribution is -2.45. The van der Waals surface area contributed by atoms with Crippen LogP contribution in [0.15, 0.2) is 12.3 Å². The quantitative estimate of drug-likeness (QED) is 0.566. The molecule has 0 spiro atoms. The number of hydrogen-bond acceptors (Lipinski definition) is 2. The normalized spacial score (nSPS) is 17.1. The van der Waals surface area contributed by atoms with Gasteiger partial charge < -0.3 is 4.74 Å². The highest BCUT2D eigenvalue weighted by atomic mass is 16.6. The predicted molar refractivity (Wildman–Crippen MR) is 102 cm³/mol. The van der Waals surface area contributed by atoms with Crippen LogP contribution in [0.4, 0.5) is 0 Å². The molecule has 1 aromatic rings. The van der Waals surface area contributed by atoms with E-state index in [1.165, 1.54) is 68.2 Å². The van der Waals surface area contributed by atoms with Gasteiger partial charge in [-0.2, -0.15) is 4.57 Å². The van der Waals surface area contributed by atoms with Gasteiger partial charge in [0.05, 0.1) is 0 Å². The third-order valence-corrected chi connectivity index (χ3v) is 4.87. The number of aromatic nitrogens is 1. The SMILES string of the molecule is Cc1cc2c[n+](CC(=O)OC(C)(C)C)c1CCCCCCCCCC2. The predicted octanol–water partition coefficient (Wildman–Crippen LogP) is 4.84. The highest BCUT2D eigenvalue weighted by Crippen LogP contribution is 2.17. The summed E-state index contributed by atoms with van der Waals surface area (Å²) >= 11 is 0. The molecule has 3 rings (SSSR count). The maximum Gasteiger partial charge on any atom is 0.373 e. The van der Waals surface area contributed by atoms with Gasteiger partial charge in [0.25, 0.3) is 0 Å². The van der Waals surface area contributed by atoms with Crippen molar-refractivity contribution in [3.63, 3.8) is 0 Å². The zero-order valence-corrected chi connectivity index (χ0v) is 16.7. The van der Waals surface area contributed by atoms with Gasteiger partial charge in [0.2, 0.25) is 6.54 Å². The molecule has 1 aliphatic heterocycles. The molecule has 0 unspecified atom stereocenters. The van der Waals surface area contributed by atoms with Crippen molar-refractivity contribution in [1.29, 1.82) is 0 Å². The number of esters is 1. The molecular formula is C22H36NO2+. The van der Waals surface area contributed by atoms with Crippen molar-refractivity contribution in [2.75, 3.05) is 0 Å². The minimum atomic E-state index is -0.429. The van der Waals surface area contributed by atoms with E-state index >= 15 is 0 Å². The second-order valence-electron chi connectivity index (χ2n) is 8.52. The number of carbonyl (C=O) groups excluding carboxylic acids is 1. The number of nitrogens with zero attached hydrogens (tertiary/aromatic N) is 1. The molecule has 0 saturated heterocycles. The van der Waals surface area contributed by atoms with E-state index in [0.717, 1.165) is 12.8 Å². The Kier molecular flexibility index (Phi) is 7.46. The van der Waals surface area contributed by atoms with Crippen molar-refractivity contribution in [1.82, 2.24) is 0 Å². The molecule has 140 valence electrons. The zero-order valence-electron chi connectivity index (χ0n) is 16.7. The molecule has 0 aromatic carbocycles. The highest BCUT2D eigenvalue weighted by molar-refractivity contribution is 5.68. The monoisotopic (exact) mass is 346 g/mol. The molecule has 0 atom stereocenters. The summed E-state index contributed by atoms with van der Waals surface area (Å²) < 4.78 is 7.71. The Hall–Kier alpha value is -1.38. The van der Waals surface area contributed by atoms with Gasteiger partial charge in [-0.1, -0.05) is 38.5 Å². The minimum Gasteiger partial charge on any atom is -0.455 e. The van der Waals surface area contributed by atoms with Gasteiger partial charge >= 0.3 is 5.97 Å². The van der Waals surface area contributed by atoms with E-state index in [2.05, 4.69) is 23.8 Å². The van der Waals surface area contributed by atoms with E-state index in [9.17, 15) is 4.79 Å². The Labute approximate surface area is 153 Å². The van der Waals surface area contributed by atoms with E-state index < -0.39 is 5.60 Å². The van der Waals surface area contributed by atoms with E-state index in [1.54, 1.807) is 0 Å². The first-order valence-electron chi connectivity index (χ1n) is 10.1. The van der Waals surface area contributed by atoms with Crippen LogP contribution in [0.25, 0.3) is 0 Å². The third kappa shape index (κ3) is 7.17. The lowest BCUT2D eigenvalue weighted by atomic mass is 9.99. The van der Waals surface area contributed by atoms with E-state index in [4.69, 9.17) is 4.74 Å². The fourth-order valence-electron chi connectivity index (χ4n) is 3.72. The number of carbonyl (C=O) groups is 1. The van der Waals surface area contributed by atoms with Crippen molar-refractivity contribution < 1.29 is 14.1 Å². The second-order valence-corrected chi connectivity index (χ2v) is 8.52. The van der Waals surface area contributed by atoms with Crippen LogP contribution < -0.4 is 4.57 Å². The summed E-state index contributed by atoms with van der Waals surface area (Å²) in [6.07, 6.45) is 14.8. The molecule has 0 radical (unpaired) electrons. The van der Waals surface area contributed by atoms with Crippen LogP contribution in [0.5, 0.6) is 0 Å². The first-order chi connectivity index (χ1) is 11.8. The van der Waals surface area contributed by atoms with Gasteiger partial charge in [0.15, 0.2) is 11.9 Å². The summed E-state index contributed by atoms with van der Waals surface area (Å²) in [6, 6.07) is 2.33. The van der Waals surface area contributed by atoms with Gasteiger partial charge in [0, 0.05) is 17.5 Å². The topological polar surface area (TPSA) is 30.2 Å². The Bertz CT molecular complexity index is 572. The molecule has 0 saturated carbocycles. The molecule has 2 bridgehead atoms. The molecule has 1 aromatic heterocycles.